The van der Waals surface area contributed by atoms with Crippen LogP contribution in [0.25, 0.3) is 0 Å². The van der Waals surface area contributed by atoms with Crippen LogP contribution in [0.3, 0.4) is 0 Å². The largest absolute Gasteiger partial charge is 0.368 e. The number of rotatable bonds is 3. The lowest BCUT2D eigenvalue weighted by Gasteiger charge is -2.18. The molecule has 0 fully saturated rings. The van der Waals surface area contributed by atoms with Crippen molar-refractivity contribution >= 4 is 24.1 Å². The molecular formula is C9H12ClN3O2. The molecule has 0 aliphatic heterocycles. The van der Waals surface area contributed by atoms with E-state index >= 15 is 0 Å². The van der Waals surface area contributed by atoms with Crippen molar-refractivity contribution in [3.05, 3.63) is 30.1 Å². The minimum atomic E-state index is -1.68. The Hall–Kier alpha value is -1.46. The molecule has 5 nitrogen and oxygen atoms in total. The Morgan fingerprint density at radius 1 is 1.47 bits per heavy atom. The number of pyridine rings is 1. The molecule has 0 aliphatic rings. The average molecular weight is 230 g/mol. The minimum absolute atomic E-state index is 0. The van der Waals surface area contributed by atoms with Gasteiger partial charge in [0.05, 0.1) is 0 Å². The second kappa shape index (κ2) is 4.86. The number of ketones is 1. The van der Waals surface area contributed by atoms with E-state index in [0.717, 1.165) is 0 Å². The molecule has 4 N–H and O–H groups in total. The Morgan fingerprint density at radius 3 is 2.47 bits per heavy atom. The van der Waals surface area contributed by atoms with Crippen molar-refractivity contribution in [2.45, 2.75) is 12.5 Å². The van der Waals surface area contributed by atoms with Crippen LogP contribution in [0.15, 0.2) is 24.5 Å². The fourth-order valence-electron chi connectivity index (χ4n) is 0.909. The van der Waals surface area contributed by atoms with Gasteiger partial charge in [-0.3, -0.25) is 14.6 Å². The summed E-state index contributed by atoms with van der Waals surface area (Å²) in [5.74, 6) is -1.38. The Morgan fingerprint density at radius 2 is 2.07 bits per heavy atom. The highest BCUT2D eigenvalue weighted by Gasteiger charge is 2.35. The molecule has 0 spiro atoms. The molecule has 1 rings (SSSR count). The molecule has 1 atom stereocenters. The standard InChI is InChI=1S/C9H11N3O2.ClH/c1-9(11,8(10)14)7(13)6-3-2-4-12-5-6;/h2-5H,11H2,1H3,(H2,10,14);1H. The molecule has 0 aromatic carbocycles. The maximum atomic E-state index is 11.6. The summed E-state index contributed by atoms with van der Waals surface area (Å²) in [5.41, 5.74) is 9.08. The first kappa shape index (κ1) is 13.5. The number of carbonyl (C=O) groups is 2. The Kier molecular flexibility index (Phi) is 4.39. The van der Waals surface area contributed by atoms with Crippen molar-refractivity contribution in [3.63, 3.8) is 0 Å². The van der Waals surface area contributed by atoms with Gasteiger partial charge >= 0.3 is 0 Å². The van der Waals surface area contributed by atoms with Gasteiger partial charge in [0.2, 0.25) is 5.91 Å². The topological polar surface area (TPSA) is 99.1 Å². The Labute approximate surface area is 93.3 Å². The highest BCUT2D eigenvalue weighted by Crippen LogP contribution is 2.08. The van der Waals surface area contributed by atoms with E-state index in [1.54, 1.807) is 6.07 Å². The van der Waals surface area contributed by atoms with E-state index in [2.05, 4.69) is 4.98 Å². The normalized spacial score (nSPS) is 13.5. The summed E-state index contributed by atoms with van der Waals surface area (Å²) in [6.07, 6.45) is 2.87. The molecule has 0 saturated heterocycles. The number of nitrogens with zero attached hydrogens (tertiary/aromatic N) is 1. The van der Waals surface area contributed by atoms with E-state index in [1.807, 2.05) is 0 Å². The number of Topliss-reactive ketones (excluding diaryl/α,β-unsaturated/α-hetero) is 1. The summed E-state index contributed by atoms with van der Waals surface area (Å²) in [6.45, 7) is 1.28. The molecule has 1 aromatic rings. The first-order valence-corrected chi connectivity index (χ1v) is 4.00. The van der Waals surface area contributed by atoms with Crippen LogP contribution in [0.5, 0.6) is 0 Å². The van der Waals surface area contributed by atoms with Gasteiger partial charge in [-0.25, -0.2) is 0 Å². The van der Waals surface area contributed by atoms with Crippen LogP contribution in [0.2, 0.25) is 0 Å². The summed E-state index contributed by atoms with van der Waals surface area (Å²) < 4.78 is 0. The lowest BCUT2D eigenvalue weighted by Crippen LogP contribution is -2.55. The van der Waals surface area contributed by atoms with Crippen molar-refractivity contribution in [2.24, 2.45) is 11.5 Å². The van der Waals surface area contributed by atoms with Gasteiger partial charge < -0.3 is 11.5 Å². The van der Waals surface area contributed by atoms with Crippen molar-refractivity contribution in [1.29, 1.82) is 0 Å². The number of hydrogen-bond acceptors (Lipinski definition) is 4. The Balaban J connectivity index is 0.00000196. The first-order chi connectivity index (χ1) is 6.46. The predicted octanol–water partition coefficient (Wildman–Crippen LogP) is -0.111. The van der Waals surface area contributed by atoms with Gasteiger partial charge in [0.1, 0.15) is 0 Å². The summed E-state index contributed by atoms with van der Waals surface area (Å²) in [6, 6.07) is 3.12. The van der Waals surface area contributed by atoms with Gasteiger partial charge in [-0.15, -0.1) is 12.4 Å². The zero-order valence-corrected chi connectivity index (χ0v) is 8.95. The van der Waals surface area contributed by atoms with Gasteiger partial charge in [-0.2, -0.15) is 0 Å². The number of hydrogen-bond donors (Lipinski definition) is 2. The molecule has 82 valence electrons. The van der Waals surface area contributed by atoms with Crippen LogP contribution in [-0.4, -0.2) is 22.2 Å². The summed E-state index contributed by atoms with van der Waals surface area (Å²) in [5, 5.41) is 0. The van der Waals surface area contributed by atoms with Gasteiger partial charge in [0.15, 0.2) is 11.3 Å². The molecule has 0 aliphatic carbocycles. The molecule has 1 amide bonds. The smallest absolute Gasteiger partial charge is 0.245 e. The fraction of sp³-hybridized carbons (Fsp3) is 0.222. The number of nitrogens with two attached hydrogens (primary N) is 2. The van der Waals surface area contributed by atoms with Gasteiger partial charge in [0.25, 0.3) is 0 Å². The van der Waals surface area contributed by atoms with Crippen LogP contribution in [0.1, 0.15) is 17.3 Å². The third kappa shape index (κ3) is 2.74. The average Bonchev–Trinajstić information content (AvgIpc) is 2.17. The molecule has 15 heavy (non-hydrogen) atoms. The third-order valence-electron chi connectivity index (χ3n) is 1.91. The van der Waals surface area contributed by atoms with Crippen molar-refractivity contribution < 1.29 is 9.59 Å². The third-order valence-corrected chi connectivity index (χ3v) is 1.91. The first-order valence-electron chi connectivity index (χ1n) is 4.00. The molecule has 0 saturated carbocycles. The van der Waals surface area contributed by atoms with Crippen molar-refractivity contribution in [3.8, 4) is 0 Å². The quantitative estimate of drug-likeness (QED) is 0.558. The highest BCUT2D eigenvalue weighted by atomic mass is 35.5. The van der Waals surface area contributed by atoms with Crippen LogP contribution >= 0.6 is 12.4 Å². The zero-order chi connectivity index (χ0) is 10.8. The number of halogens is 1. The van der Waals surface area contributed by atoms with Crippen LogP contribution in [-0.2, 0) is 4.79 Å². The molecule has 6 heteroatoms. The molecule has 0 radical (unpaired) electrons. The molecule has 1 unspecified atom stereocenters. The van der Waals surface area contributed by atoms with Crippen LogP contribution in [0.4, 0.5) is 0 Å². The molecule has 1 aromatic heterocycles. The molecule has 0 bridgehead atoms. The minimum Gasteiger partial charge on any atom is -0.368 e. The van der Waals surface area contributed by atoms with Gasteiger partial charge in [-0.05, 0) is 19.1 Å². The van der Waals surface area contributed by atoms with E-state index in [9.17, 15) is 9.59 Å². The maximum Gasteiger partial charge on any atom is 0.245 e. The highest BCUT2D eigenvalue weighted by molar-refractivity contribution is 6.16. The van der Waals surface area contributed by atoms with Crippen molar-refractivity contribution in [2.75, 3.05) is 0 Å². The van der Waals surface area contributed by atoms with Crippen molar-refractivity contribution in [1.82, 2.24) is 4.98 Å². The van der Waals surface area contributed by atoms with Gasteiger partial charge in [0, 0.05) is 18.0 Å². The van der Waals surface area contributed by atoms with E-state index in [0.29, 0.717) is 0 Å². The number of carbonyl (C=O) groups excluding carboxylic acids is 2. The zero-order valence-electron chi connectivity index (χ0n) is 8.14. The molecule has 1 heterocycles. The maximum absolute atomic E-state index is 11.6. The molecular weight excluding hydrogens is 218 g/mol. The fourth-order valence-corrected chi connectivity index (χ4v) is 0.909. The second-order valence-corrected chi connectivity index (χ2v) is 3.14. The van der Waals surface area contributed by atoms with E-state index in [4.69, 9.17) is 11.5 Å². The second-order valence-electron chi connectivity index (χ2n) is 3.14. The van der Waals surface area contributed by atoms with E-state index in [-0.39, 0.29) is 18.0 Å². The predicted molar refractivity (Wildman–Crippen MR) is 57.6 cm³/mol. The van der Waals surface area contributed by atoms with E-state index in [1.165, 1.54) is 25.4 Å². The SMILES string of the molecule is CC(N)(C(N)=O)C(=O)c1cccnc1.Cl. The Bertz CT molecular complexity index is 365. The number of primary amides is 1. The summed E-state index contributed by atoms with van der Waals surface area (Å²) >= 11 is 0. The van der Waals surface area contributed by atoms with Crippen LogP contribution < -0.4 is 11.5 Å². The lowest BCUT2D eigenvalue weighted by molar-refractivity contribution is -0.121. The monoisotopic (exact) mass is 229 g/mol. The summed E-state index contributed by atoms with van der Waals surface area (Å²) in [4.78, 5) is 26.3. The van der Waals surface area contributed by atoms with Crippen LogP contribution in [0, 0.1) is 0 Å². The van der Waals surface area contributed by atoms with E-state index < -0.39 is 17.2 Å². The summed E-state index contributed by atoms with van der Waals surface area (Å²) in [7, 11) is 0. The van der Waals surface area contributed by atoms with Gasteiger partial charge in [-0.1, -0.05) is 0 Å². The number of aromatic nitrogens is 1. The lowest BCUT2D eigenvalue weighted by atomic mass is 9.92. The number of amides is 1.